The van der Waals surface area contributed by atoms with E-state index in [-0.39, 0.29) is 16.8 Å². The number of benzene rings is 2. The van der Waals surface area contributed by atoms with E-state index in [0.717, 1.165) is 30.4 Å². The summed E-state index contributed by atoms with van der Waals surface area (Å²) < 4.78 is 28.7. The van der Waals surface area contributed by atoms with Crippen LogP contribution in [0.2, 0.25) is 0 Å². The second-order valence-electron chi connectivity index (χ2n) is 7.80. The topological polar surface area (TPSA) is 75.3 Å². The lowest BCUT2D eigenvalue weighted by Gasteiger charge is -2.20. The summed E-state index contributed by atoms with van der Waals surface area (Å²) in [7, 11) is -3.65. The van der Waals surface area contributed by atoms with Gasteiger partial charge in [-0.3, -0.25) is 4.79 Å². The molecule has 1 aliphatic carbocycles. The second-order valence-corrected chi connectivity index (χ2v) is 9.51. The fraction of sp³-hybridized carbons (Fsp3) is 0.409. The van der Waals surface area contributed by atoms with Gasteiger partial charge in [0.05, 0.1) is 4.90 Å². The molecule has 0 radical (unpaired) electrons. The highest BCUT2D eigenvalue weighted by atomic mass is 32.2. The molecule has 0 aromatic heterocycles. The van der Waals surface area contributed by atoms with Gasteiger partial charge in [-0.25, -0.2) is 13.1 Å². The first-order valence-corrected chi connectivity index (χ1v) is 11.5. The maximum absolute atomic E-state index is 12.9. The molecule has 0 spiro atoms. The summed E-state index contributed by atoms with van der Waals surface area (Å²) in [5, 5.41) is 2.84. The Bertz CT molecular complexity index is 1010. The maximum atomic E-state index is 12.9. The van der Waals surface area contributed by atoms with Gasteiger partial charge in [0, 0.05) is 18.2 Å². The second kappa shape index (κ2) is 7.68. The first kappa shape index (κ1) is 19.2. The molecule has 2 aliphatic rings. The number of fused-ring (bicyclic) bond motifs is 2. The summed E-state index contributed by atoms with van der Waals surface area (Å²) >= 11 is 0. The summed E-state index contributed by atoms with van der Waals surface area (Å²) in [6, 6.07) is 10.9. The minimum atomic E-state index is -3.65. The maximum Gasteiger partial charge on any atom is 0.241 e. The average Bonchev–Trinajstić information content (AvgIpc) is 2.87. The van der Waals surface area contributed by atoms with Crippen molar-refractivity contribution in [2.45, 2.75) is 62.8 Å². The van der Waals surface area contributed by atoms with Gasteiger partial charge in [0.2, 0.25) is 15.9 Å². The summed E-state index contributed by atoms with van der Waals surface area (Å²) in [4.78, 5) is 11.9. The van der Waals surface area contributed by atoms with Crippen LogP contribution in [0.4, 0.5) is 5.69 Å². The van der Waals surface area contributed by atoms with Crippen molar-refractivity contribution >= 4 is 21.6 Å². The van der Waals surface area contributed by atoms with Crippen molar-refractivity contribution in [3.05, 3.63) is 58.7 Å². The normalized spacial score (nSPS) is 17.8. The van der Waals surface area contributed by atoms with Gasteiger partial charge in [0.25, 0.3) is 0 Å². The number of anilines is 1. The Hall–Kier alpha value is -2.18. The largest absolute Gasteiger partial charge is 0.326 e. The molecule has 1 unspecified atom stereocenters. The standard InChI is InChI=1S/C22H26N2O3S/c1-15(17-10-9-16-5-2-3-6-18(16)13-17)24-28(26,27)20-11-12-21-19(14-20)7-4-8-22(25)23-21/h9-15,24H,2-8H2,1H3,(H,23,25). The summed E-state index contributed by atoms with van der Waals surface area (Å²) in [5.41, 5.74) is 5.30. The average molecular weight is 399 g/mol. The molecule has 28 heavy (non-hydrogen) atoms. The van der Waals surface area contributed by atoms with Gasteiger partial charge in [-0.1, -0.05) is 18.2 Å². The highest BCUT2D eigenvalue weighted by molar-refractivity contribution is 7.89. The zero-order valence-corrected chi connectivity index (χ0v) is 16.9. The van der Waals surface area contributed by atoms with Crippen LogP contribution >= 0.6 is 0 Å². The minimum absolute atomic E-state index is 0.0199. The van der Waals surface area contributed by atoms with E-state index in [1.807, 2.05) is 13.0 Å². The van der Waals surface area contributed by atoms with Gasteiger partial charge in [0.15, 0.2) is 0 Å². The van der Waals surface area contributed by atoms with Crippen molar-refractivity contribution in [1.29, 1.82) is 0 Å². The third-order valence-electron chi connectivity index (χ3n) is 5.72. The Kier molecular flexibility index (Phi) is 5.25. The van der Waals surface area contributed by atoms with Crippen molar-refractivity contribution in [3.8, 4) is 0 Å². The molecule has 0 bridgehead atoms. The van der Waals surface area contributed by atoms with Crippen molar-refractivity contribution in [2.24, 2.45) is 0 Å². The number of carbonyl (C=O) groups is 1. The molecule has 4 rings (SSSR count). The molecule has 2 aromatic carbocycles. The zero-order valence-electron chi connectivity index (χ0n) is 16.1. The van der Waals surface area contributed by atoms with E-state index in [1.165, 1.54) is 24.0 Å². The lowest BCUT2D eigenvalue weighted by atomic mass is 9.89. The quantitative estimate of drug-likeness (QED) is 0.821. The Balaban J connectivity index is 1.55. The number of rotatable bonds is 4. The van der Waals surface area contributed by atoms with Crippen molar-refractivity contribution in [1.82, 2.24) is 4.72 Å². The van der Waals surface area contributed by atoms with Crippen LogP contribution in [-0.2, 0) is 34.1 Å². The summed E-state index contributed by atoms with van der Waals surface area (Å²) in [5.74, 6) is -0.0199. The van der Waals surface area contributed by atoms with Crippen molar-refractivity contribution in [3.63, 3.8) is 0 Å². The summed E-state index contributed by atoms with van der Waals surface area (Å²) in [6.45, 7) is 1.88. The molecule has 2 aromatic rings. The van der Waals surface area contributed by atoms with E-state index in [4.69, 9.17) is 0 Å². The summed E-state index contributed by atoms with van der Waals surface area (Å²) in [6.07, 6.45) is 6.49. The third-order valence-corrected chi connectivity index (χ3v) is 7.25. The first-order chi connectivity index (χ1) is 13.4. The molecule has 1 heterocycles. The predicted molar refractivity (Wildman–Crippen MR) is 110 cm³/mol. The van der Waals surface area contributed by atoms with E-state index < -0.39 is 10.0 Å². The van der Waals surface area contributed by atoms with Crippen LogP contribution in [0.15, 0.2) is 41.3 Å². The number of hydrogen-bond acceptors (Lipinski definition) is 3. The lowest BCUT2D eigenvalue weighted by molar-refractivity contribution is -0.116. The SMILES string of the molecule is CC(NS(=O)(=O)c1ccc2c(c1)CCCC(=O)N2)c1ccc2c(c1)CCCC2. The van der Waals surface area contributed by atoms with Gasteiger partial charge in [-0.15, -0.1) is 0 Å². The van der Waals surface area contributed by atoms with Gasteiger partial charge >= 0.3 is 0 Å². The fourth-order valence-electron chi connectivity index (χ4n) is 4.11. The third kappa shape index (κ3) is 3.98. The Morgan fingerprint density at radius 1 is 0.893 bits per heavy atom. The molecule has 0 fully saturated rings. The van der Waals surface area contributed by atoms with E-state index in [9.17, 15) is 13.2 Å². The molecule has 1 aliphatic heterocycles. The minimum Gasteiger partial charge on any atom is -0.326 e. The van der Waals surface area contributed by atoms with E-state index in [2.05, 4.69) is 22.2 Å². The van der Waals surface area contributed by atoms with Crippen LogP contribution < -0.4 is 10.0 Å². The molecule has 148 valence electrons. The molecule has 0 saturated carbocycles. The molecule has 1 atom stereocenters. The van der Waals surface area contributed by atoms with Gasteiger partial charge in [0.1, 0.15) is 0 Å². The molecule has 5 nitrogen and oxygen atoms in total. The Morgan fingerprint density at radius 2 is 1.64 bits per heavy atom. The van der Waals surface area contributed by atoms with Crippen molar-refractivity contribution < 1.29 is 13.2 Å². The molecule has 2 N–H and O–H groups in total. The van der Waals surface area contributed by atoms with Crippen LogP contribution in [0.5, 0.6) is 0 Å². The molecular weight excluding hydrogens is 372 g/mol. The van der Waals surface area contributed by atoms with Gasteiger partial charge < -0.3 is 5.32 Å². The highest BCUT2D eigenvalue weighted by Crippen LogP contribution is 2.28. The van der Waals surface area contributed by atoms with Crippen LogP contribution in [0.25, 0.3) is 0 Å². The van der Waals surface area contributed by atoms with Crippen LogP contribution in [0.3, 0.4) is 0 Å². The Morgan fingerprint density at radius 3 is 2.46 bits per heavy atom. The Labute approximate surface area is 166 Å². The van der Waals surface area contributed by atoms with Gasteiger partial charge in [-0.2, -0.15) is 0 Å². The number of amides is 1. The molecule has 1 amide bonds. The molecule has 0 saturated heterocycles. The number of nitrogens with one attached hydrogen (secondary N) is 2. The monoisotopic (exact) mass is 398 g/mol. The smallest absolute Gasteiger partial charge is 0.241 e. The number of hydrogen-bond donors (Lipinski definition) is 2. The van der Waals surface area contributed by atoms with Crippen LogP contribution in [0.1, 0.15) is 60.9 Å². The van der Waals surface area contributed by atoms with Crippen LogP contribution in [-0.4, -0.2) is 14.3 Å². The van der Waals surface area contributed by atoms with Crippen LogP contribution in [0, 0.1) is 0 Å². The van der Waals surface area contributed by atoms with E-state index in [1.54, 1.807) is 18.2 Å². The van der Waals surface area contributed by atoms with E-state index >= 15 is 0 Å². The fourth-order valence-corrected chi connectivity index (χ4v) is 5.39. The number of sulfonamides is 1. The zero-order chi connectivity index (χ0) is 19.7. The molecular formula is C22H26N2O3S. The lowest BCUT2D eigenvalue weighted by Crippen LogP contribution is -2.27. The number of aryl methyl sites for hydroxylation is 3. The molecule has 6 heteroatoms. The van der Waals surface area contributed by atoms with Crippen molar-refractivity contribution in [2.75, 3.05) is 5.32 Å². The highest BCUT2D eigenvalue weighted by Gasteiger charge is 2.22. The first-order valence-electron chi connectivity index (χ1n) is 9.99. The van der Waals surface area contributed by atoms with E-state index in [0.29, 0.717) is 18.5 Å². The number of carbonyl (C=O) groups excluding carboxylic acids is 1. The predicted octanol–water partition coefficient (Wildman–Crippen LogP) is 3.88. The van der Waals surface area contributed by atoms with Gasteiger partial charge in [-0.05, 0) is 85.9 Å².